The Bertz CT molecular complexity index is 854. The number of carbonyl (C=O) groups excluding carboxylic acids is 1. The second-order valence-electron chi connectivity index (χ2n) is 6.29. The first-order chi connectivity index (χ1) is 14.2. The van der Waals surface area contributed by atoms with Crippen LogP contribution >= 0.6 is 0 Å². The van der Waals surface area contributed by atoms with Crippen molar-refractivity contribution < 1.29 is 41.0 Å². The van der Waals surface area contributed by atoms with E-state index in [1.165, 1.54) is 24.9 Å². The Hall–Kier alpha value is -3.16. The van der Waals surface area contributed by atoms with Gasteiger partial charge in [0.15, 0.2) is 5.82 Å². The molecule has 1 atom stereocenters. The summed E-state index contributed by atoms with van der Waals surface area (Å²) in [5.74, 6) is -3.13. The van der Waals surface area contributed by atoms with Crippen LogP contribution in [0.5, 0.6) is 0 Å². The number of likely N-dealkylation sites (N-methyl/N-ethyl adjacent to an activating group) is 1. The number of alkyl halides is 6. The van der Waals surface area contributed by atoms with Crippen LogP contribution in [-0.2, 0) is 16.1 Å². The summed E-state index contributed by atoms with van der Waals surface area (Å²) >= 11 is 0. The van der Waals surface area contributed by atoms with Gasteiger partial charge in [0.1, 0.15) is 0 Å². The van der Waals surface area contributed by atoms with Crippen LogP contribution in [0.4, 0.5) is 32.2 Å². The number of aliphatic carboxylic acids is 1. The fourth-order valence-corrected chi connectivity index (χ4v) is 2.05. The summed E-state index contributed by atoms with van der Waals surface area (Å²) < 4.78 is 70.4. The second-order valence-corrected chi connectivity index (χ2v) is 6.29. The molecule has 172 valence electrons. The van der Waals surface area contributed by atoms with Gasteiger partial charge in [0.2, 0.25) is 5.91 Å². The van der Waals surface area contributed by atoms with Crippen LogP contribution in [0, 0.1) is 0 Å². The number of nitrogens with zero attached hydrogens (tertiary/aromatic N) is 4. The number of amides is 1. The number of carboxylic acid groups (broad SMARTS) is 1. The van der Waals surface area contributed by atoms with Crippen LogP contribution in [0.2, 0.25) is 0 Å². The average molecular weight is 455 g/mol. The van der Waals surface area contributed by atoms with E-state index in [-0.39, 0.29) is 5.82 Å². The third-order valence-corrected chi connectivity index (χ3v) is 3.69. The number of hydrogen-bond acceptors (Lipinski definition) is 5. The molecule has 1 heterocycles. The van der Waals surface area contributed by atoms with E-state index in [2.05, 4.69) is 15.6 Å². The molecule has 1 unspecified atom stereocenters. The van der Waals surface area contributed by atoms with Gasteiger partial charge in [-0.2, -0.15) is 26.3 Å². The van der Waals surface area contributed by atoms with Crippen LogP contribution in [0.1, 0.15) is 12.5 Å². The minimum atomic E-state index is -5.08. The van der Waals surface area contributed by atoms with Crippen molar-refractivity contribution in [2.45, 2.75) is 31.9 Å². The monoisotopic (exact) mass is 455 g/mol. The maximum absolute atomic E-state index is 12.4. The Labute approximate surface area is 172 Å². The first-order valence-corrected chi connectivity index (χ1v) is 8.51. The van der Waals surface area contributed by atoms with Gasteiger partial charge in [0.05, 0.1) is 25.3 Å². The molecule has 2 N–H and O–H groups in total. The Kier molecular flexibility index (Phi) is 8.97. The van der Waals surface area contributed by atoms with E-state index in [1.54, 1.807) is 0 Å². The Morgan fingerprint density at radius 1 is 1.16 bits per heavy atom. The highest BCUT2D eigenvalue weighted by Crippen LogP contribution is 2.17. The number of halogens is 6. The topological polar surface area (TPSA) is 100 Å². The SMILES string of the molecule is CC(C(=O)Nc1cn(Cc2ccccc2)nn1)N(C)CC(F)(F)F.O=C(O)C(F)(F)F. The number of anilines is 1. The second kappa shape index (κ2) is 10.7. The molecular weight excluding hydrogens is 436 g/mol. The van der Waals surface area contributed by atoms with Crippen molar-refractivity contribution in [1.82, 2.24) is 19.9 Å². The molecule has 2 aromatic rings. The van der Waals surface area contributed by atoms with Gasteiger partial charge in [-0.3, -0.25) is 9.69 Å². The standard InChI is InChI=1S/C15H18F3N5O.C2HF3O2/c1-11(22(2)10-15(16,17)18)14(24)19-13-9-23(21-20-13)8-12-6-4-3-5-7-12;3-2(4,5)1(6)7/h3-7,9,11H,8,10H2,1-2H3,(H,19,24);(H,6,7). The zero-order valence-electron chi connectivity index (χ0n) is 16.3. The molecular formula is C17H19F6N5O3. The van der Waals surface area contributed by atoms with Crippen molar-refractivity contribution in [3.8, 4) is 0 Å². The van der Waals surface area contributed by atoms with Crippen LogP contribution in [0.15, 0.2) is 36.5 Å². The lowest BCUT2D eigenvalue weighted by atomic mass is 10.2. The lowest BCUT2D eigenvalue weighted by Crippen LogP contribution is -2.44. The molecule has 0 aliphatic rings. The Morgan fingerprint density at radius 2 is 1.71 bits per heavy atom. The summed E-state index contributed by atoms with van der Waals surface area (Å²) in [6.07, 6.45) is -7.91. The van der Waals surface area contributed by atoms with Gasteiger partial charge < -0.3 is 10.4 Å². The lowest BCUT2D eigenvalue weighted by Gasteiger charge is -2.24. The minimum Gasteiger partial charge on any atom is -0.475 e. The van der Waals surface area contributed by atoms with Crippen molar-refractivity contribution in [2.24, 2.45) is 0 Å². The molecule has 1 amide bonds. The molecule has 0 radical (unpaired) electrons. The Balaban J connectivity index is 0.000000592. The number of nitrogens with one attached hydrogen (secondary N) is 1. The summed E-state index contributed by atoms with van der Waals surface area (Å²) in [5.41, 5.74) is 1.01. The lowest BCUT2D eigenvalue weighted by molar-refractivity contribution is -0.192. The third kappa shape index (κ3) is 9.93. The van der Waals surface area contributed by atoms with E-state index < -0.39 is 36.8 Å². The summed E-state index contributed by atoms with van der Waals surface area (Å²) in [4.78, 5) is 21.8. The molecule has 0 aliphatic heterocycles. The molecule has 14 heteroatoms. The highest BCUT2D eigenvalue weighted by atomic mass is 19.4. The van der Waals surface area contributed by atoms with Crippen LogP contribution in [0.3, 0.4) is 0 Å². The molecule has 0 saturated heterocycles. The van der Waals surface area contributed by atoms with E-state index in [0.717, 1.165) is 10.5 Å². The third-order valence-electron chi connectivity index (χ3n) is 3.69. The fourth-order valence-electron chi connectivity index (χ4n) is 2.05. The first-order valence-electron chi connectivity index (χ1n) is 8.51. The maximum atomic E-state index is 12.4. The zero-order valence-corrected chi connectivity index (χ0v) is 16.3. The van der Waals surface area contributed by atoms with Gasteiger partial charge in [0, 0.05) is 0 Å². The fraction of sp³-hybridized carbons (Fsp3) is 0.412. The zero-order chi connectivity index (χ0) is 23.8. The quantitative estimate of drug-likeness (QED) is 0.650. The van der Waals surface area contributed by atoms with Gasteiger partial charge >= 0.3 is 18.3 Å². The smallest absolute Gasteiger partial charge is 0.475 e. The van der Waals surface area contributed by atoms with Gasteiger partial charge in [-0.05, 0) is 19.5 Å². The molecule has 31 heavy (non-hydrogen) atoms. The van der Waals surface area contributed by atoms with Crippen LogP contribution < -0.4 is 5.32 Å². The van der Waals surface area contributed by atoms with Gasteiger partial charge in [-0.1, -0.05) is 35.5 Å². The summed E-state index contributed by atoms with van der Waals surface area (Å²) in [7, 11) is 1.24. The molecule has 0 spiro atoms. The largest absolute Gasteiger partial charge is 0.490 e. The minimum absolute atomic E-state index is 0.197. The highest BCUT2D eigenvalue weighted by Gasteiger charge is 2.38. The number of carboxylic acids is 1. The molecule has 0 fully saturated rings. The van der Waals surface area contributed by atoms with Gasteiger partial charge in [-0.25, -0.2) is 9.48 Å². The molecule has 0 bridgehead atoms. The predicted molar refractivity (Wildman–Crippen MR) is 96.0 cm³/mol. The normalized spacial score (nSPS) is 12.7. The van der Waals surface area contributed by atoms with Crippen LogP contribution in [-0.4, -0.2) is 68.9 Å². The van der Waals surface area contributed by atoms with E-state index >= 15 is 0 Å². The van der Waals surface area contributed by atoms with Crippen molar-refractivity contribution in [1.29, 1.82) is 0 Å². The predicted octanol–water partition coefficient (Wildman–Crippen LogP) is 2.78. The molecule has 1 aromatic carbocycles. The first kappa shape index (κ1) is 25.9. The Morgan fingerprint density at radius 3 is 2.19 bits per heavy atom. The van der Waals surface area contributed by atoms with E-state index in [9.17, 15) is 31.1 Å². The maximum Gasteiger partial charge on any atom is 0.490 e. The van der Waals surface area contributed by atoms with E-state index in [4.69, 9.17) is 9.90 Å². The van der Waals surface area contributed by atoms with Crippen molar-refractivity contribution in [3.05, 3.63) is 42.1 Å². The molecule has 0 aliphatic carbocycles. The van der Waals surface area contributed by atoms with Crippen LogP contribution in [0.25, 0.3) is 0 Å². The van der Waals surface area contributed by atoms with Gasteiger partial charge in [0.25, 0.3) is 0 Å². The number of carbonyl (C=O) groups is 2. The summed E-state index contributed by atoms with van der Waals surface area (Å²) in [5, 5.41) is 17.3. The molecule has 1 aromatic heterocycles. The van der Waals surface area contributed by atoms with E-state index in [1.807, 2.05) is 30.3 Å². The summed E-state index contributed by atoms with van der Waals surface area (Å²) in [6.45, 7) is 0.713. The molecule has 0 saturated carbocycles. The van der Waals surface area contributed by atoms with Crippen molar-refractivity contribution in [2.75, 3.05) is 18.9 Å². The number of hydrogen-bond donors (Lipinski definition) is 2. The average Bonchev–Trinajstić information content (AvgIpc) is 3.07. The number of benzene rings is 1. The molecule has 8 nitrogen and oxygen atoms in total. The van der Waals surface area contributed by atoms with Crippen molar-refractivity contribution >= 4 is 17.7 Å². The number of rotatable bonds is 6. The highest BCUT2D eigenvalue weighted by molar-refractivity contribution is 5.93. The number of aromatic nitrogens is 3. The molecule has 2 rings (SSSR count). The van der Waals surface area contributed by atoms with E-state index in [0.29, 0.717) is 6.54 Å². The van der Waals surface area contributed by atoms with Crippen molar-refractivity contribution in [3.63, 3.8) is 0 Å². The van der Waals surface area contributed by atoms with Gasteiger partial charge in [-0.15, -0.1) is 5.10 Å². The summed E-state index contributed by atoms with van der Waals surface area (Å²) in [6, 6.07) is 8.59.